The quantitative estimate of drug-likeness (QED) is 0.653. The van der Waals surface area contributed by atoms with E-state index in [9.17, 15) is 5.11 Å². The van der Waals surface area contributed by atoms with E-state index in [0.29, 0.717) is 0 Å². The highest BCUT2D eigenvalue weighted by Gasteiger charge is 2.33. The van der Waals surface area contributed by atoms with Crippen LogP contribution in [0, 0.1) is 5.92 Å². The van der Waals surface area contributed by atoms with Crippen LogP contribution in [0.4, 0.5) is 0 Å². The summed E-state index contributed by atoms with van der Waals surface area (Å²) in [7, 11) is 0. The van der Waals surface area contributed by atoms with E-state index in [0.717, 1.165) is 12.8 Å². The monoisotopic (exact) mass is 188 g/mol. The first-order valence-corrected chi connectivity index (χ1v) is 5.14. The summed E-state index contributed by atoms with van der Waals surface area (Å²) in [5.41, 5.74) is 0. The van der Waals surface area contributed by atoms with Crippen LogP contribution in [-0.4, -0.2) is 29.2 Å². The fraction of sp³-hybridized carbons (Fsp3) is 1.00. The van der Waals surface area contributed by atoms with Gasteiger partial charge in [-0.3, -0.25) is 0 Å². The second kappa shape index (κ2) is 4.94. The minimum absolute atomic E-state index is 0.0249. The van der Waals surface area contributed by atoms with Gasteiger partial charge in [-0.25, -0.2) is 0 Å². The van der Waals surface area contributed by atoms with Gasteiger partial charge in [0.2, 0.25) is 0 Å². The molecule has 1 rings (SSSR count). The van der Waals surface area contributed by atoms with Crippen LogP contribution in [0.1, 0.15) is 39.0 Å². The van der Waals surface area contributed by atoms with E-state index in [1.807, 2.05) is 0 Å². The van der Waals surface area contributed by atoms with Crippen molar-refractivity contribution in [2.45, 2.75) is 44.8 Å². The van der Waals surface area contributed by atoms with Crippen LogP contribution in [0.15, 0.2) is 0 Å². The van der Waals surface area contributed by atoms with Crippen LogP contribution in [0.2, 0.25) is 0 Å². The Morgan fingerprint density at radius 1 is 1.31 bits per heavy atom. The molecule has 2 N–H and O–H groups in total. The second-order valence-electron chi connectivity index (χ2n) is 3.96. The molecule has 1 fully saturated rings. The molecule has 78 valence electrons. The number of hydrogen-bond acceptors (Lipinski definition) is 3. The SMILES string of the molecule is CC(O)(OCCO)C1CCCCC1. The molecule has 1 aliphatic rings. The fourth-order valence-electron chi connectivity index (χ4n) is 2.01. The Labute approximate surface area is 79.7 Å². The Hall–Kier alpha value is -0.120. The van der Waals surface area contributed by atoms with Gasteiger partial charge in [0.25, 0.3) is 0 Å². The summed E-state index contributed by atoms with van der Waals surface area (Å²) in [5.74, 6) is -0.795. The molecule has 0 bridgehead atoms. The van der Waals surface area contributed by atoms with Crippen molar-refractivity contribution in [2.75, 3.05) is 13.2 Å². The lowest BCUT2D eigenvalue weighted by atomic mass is 9.84. The van der Waals surface area contributed by atoms with Gasteiger partial charge in [-0.2, -0.15) is 0 Å². The summed E-state index contributed by atoms with van der Waals surface area (Å²) in [6.45, 7) is 1.91. The molecule has 0 radical (unpaired) electrons. The van der Waals surface area contributed by atoms with Gasteiger partial charge in [0, 0.05) is 5.92 Å². The van der Waals surface area contributed by atoms with Crippen molar-refractivity contribution < 1.29 is 14.9 Å². The first kappa shape index (κ1) is 11.0. The molecule has 3 nitrogen and oxygen atoms in total. The third-order valence-corrected chi connectivity index (χ3v) is 2.85. The molecule has 1 aliphatic carbocycles. The van der Waals surface area contributed by atoms with Crippen LogP contribution < -0.4 is 0 Å². The summed E-state index contributed by atoms with van der Waals surface area (Å²) >= 11 is 0. The van der Waals surface area contributed by atoms with Gasteiger partial charge in [-0.1, -0.05) is 19.3 Å². The third-order valence-electron chi connectivity index (χ3n) is 2.85. The lowest BCUT2D eigenvalue weighted by Gasteiger charge is -2.35. The van der Waals surface area contributed by atoms with Gasteiger partial charge >= 0.3 is 0 Å². The molecular weight excluding hydrogens is 168 g/mol. The largest absolute Gasteiger partial charge is 0.394 e. The predicted molar refractivity (Wildman–Crippen MR) is 50.2 cm³/mol. The molecule has 0 saturated heterocycles. The smallest absolute Gasteiger partial charge is 0.165 e. The zero-order chi connectivity index (χ0) is 9.73. The van der Waals surface area contributed by atoms with Gasteiger partial charge in [0.05, 0.1) is 13.2 Å². The van der Waals surface area contributed by atoms with Crippen LogP contribution in [0.25, 0.3) is 0 Å². The van der Waals surface area contributed by atoms with Crippen LogP contribution in [0.3, 0.4) is 0 Å². The van der Waals surface area contributed by atoms with E-state index < -0.39 is 5.79 Å². The first-order valence-electron chi connectivity index (χ1n) is 5.14. The molecule has 1 saturated carbocycles. The van der Waals surface area contributed by atoms with Gasteiger partial charge in [0.15, 0.2) is 5.79 Å². The Bertz CT molecular complexity index is 139. The molecule has 0 aromatic rings. The Balaban J connectivity index is 2.36. The summed E-state index contributed by atoms with van der Waals surface area (Å²) in [5, 5.41) is 18.5. The Kier molecular flexibility index (Phi) is 4.16. The molecule has 0 aromatic heterocycles. The molecule has 1 atom stereocenters. The topological polar surface area (TPSA) is 49.7 Å². The van der Waals surface area contributed by atoms with Crippen molar-refractivity contribution in [2.24, 2.45) is 5.92 Å². The summed E-state index contributed by atoms with van der Waals surface area (Å²) in [4.78, 5) is 0. The van der Waals surface area contributed by atoms with Crippen molar-refractivity contribution in [1.82, 2.24) is 0 Å². The van der Waals surface area contributed by atoms with Crippen LogP contribution in [0.5, 0.6) is 0 Å². The fourth-order valence-corrected chi connectivity index (χ4v) is 2.01. The standard InChI is InChI=1S/C10H20O3/c1-10(12,13-8-7-11)9-5-3-2-4-6-9/h9,11-12H,2-8H2,1H3. The molecule has 0 aliphatic heterocycles. The maximum atomic E-state index is 9.94. The number of aliphatic hydroxyl groups is 2. The maximum Gasteiger partial charge on any atom is 0.165 e. The second-order valence-corrected chi connectivity index (χ2v) is 3.96. The van der Waals surface area contributed by atoms with E-state index in [-0.39, 0.29) is 19.1 Å². The van der Waals surface area contributed by atoms with E-state index in [1.54, 1.807) is 6.92 Å². The molecular formula is C10H20O3. The van der Waals surface area contributed by atoms with Crippen molar-refractivity contribution in [3.05, 3.63) is 0 Å². The average Bonchev–Trinajstić information content (AvgIpc) is 2.16. The van der Waals surface area contributed by atoms with Crippen molar-refractivity contribution in [3.8, 4) is 0 Å². The molecule has 0 heterocycles. The highest BCUT2D eigenvalue weighted by Crippen LogP contribution is 2.33. The van der Waals surface area contributed by atoms with Crippen LogP contribution in [-0.2, 0) is 4.74 Å². The molecule has 13 heavy (non-hydrogen) atoms. The minimum Gasteiger partial charge on any atom is -0.394 e. The average molecular weight is 188 g/mol. The first-order chi connectivity index (χ1) is 6.17. The molecule has 0 spiro atoms. The number of ether oxygens (including phenoxy) is 1. The maximum absolute atomic E-state index is 9.94. The third kappa shape index (κ3) is 3.25. The van der Waals surface area contributed by atoms with Gasteiger partial charge in [0.1, 0.15) is 0 Å². The normalized spacial score (nSPS) is 24.2. The summed E-state index contributed by atoms with van der Waals surface area (Å²) in [6, 6.07) is 0. The number of rotatable bonds is 4. The highest BCUT2D eigenvalue weighted by atomic mass is 16.6. The lowest BCUT2D eigenvalue weighted by molar-refractivity contribution is -0.232. The molecule has 0 amide bonds. The zero-order valence-electron chi connectivity index (χ0n) is 8.33. The Morgan fingerprint density at radius 3 is 2.46 bits per heavy atom. The van der Waals surface area contributed by atoms with Crippen LogP contribution >= 0.6 is 0 Å². The van der Waals surface area contributed by atoms with E-state index in [4.69, 9.17) is 9.84 Å². The van der Waals surface area contributed by atoms with Gasteiger partial charge < -0.3 is 14.9 Å². The van der Waals surface area contributed by atoms with E-state index in [1.165, 1.54) is 19.3 Å². The molecule has 0 aromatic carbocycles. The highest BCUT2D eigenvalue weighted by molar-refractivity contribution is 4.76. The van der Waals surface area contributed by atoms with E-state index >= 15 is 0 Å². The van der Waals surface area contributed by atoms with Crippen molar-refractivity contribution >= 4 is 0 Å². The van der Waals surface area contributed by atoms with Crippen molar-refractivity contribution in [1.29, 1.82) is 0 Å². The number of hydrogen-bond donors (Lipinski definition) is 2. The predicted octanol–water partition coefficient (Wildman–Crippen LogP) is 1.28. The molecule has 3 heteroatoms. The van der Waals surface area contributed by atoms with Gasteiger partial charge in [-0.05, 0) is 19.8 Å². The summed E-state index contributed by atoms with van der Waals surface area (Å²) in [6.07, 6.45) is 5.72. The minimum atomic E-state index is -1.04. The zero-order valence-corrected chi connectivity index (χ0v) is 8.33. The number of aliphatic hydroxyl groups excluding tert-OH is 1. The van der Waals surface area contributed by atoms with Gasteiger partial charge in [-0.15, -0.1) is 0 Å². The summed E-state index contributed by atoms with van der Waals surface area (Å²) < 4.78 is 5.22. The Morgan fingerprint density at radius 2 is 1.92 bits per heavy atom. The van der Waals surface area contributed by atoms with E-state index in [2.05, 4.69) is 0 Å². The van der Waals surface area contributed by atoms with Crippen molar-refractivity contribution in [3.63, 3.8) is 0 Å². The lowest BCUT2D eigenvalue weighted by Crippen LogP contribution is -2.39. The molecule has 1 unspecified atom stereocenters.